The Hall–Kier alpha value is -5.78. The SMILES string of the molecule is CC.CC.CC.CC1N=Cc2ccccc21.Cc1ccc(Sc2cccc(C3(C(N)=O)CCOCC3)c2)cc1.Cc1nc2ccccc2n1C.Cc1nccn1C.Cn1ccc[n+]1C. The lowest BCUT2D eigenvalue weighted by atomic mass is 9.73. The number of aromatic nitrogens is 6. The number of carbonyl (C=O) groups is 1. The molecule has 1 atom stereocenters. The Morgan fingerprint density at radius 2 is 1.42 bits per heavy atom. The maximum absolute atomic E-state index is 12.1. The Balaban J connectivity index is 0.000000289. The Labute approximate surface area is 388 Å². The van der Waals surface area contributed by atoms with Crippen LogP contribution in [0.1, 0.15) is 101 Å². The molecule has 1 fully saturated rings. The maximum atomic E-state index is 12.1. The second-order valence-electron chi connectivity index (χ2n) is 14.5. The van der Waals surface area contributed by atoms with Crippen molar-refractivity contribution in [2.75, 3.05) is 13.2 Å². The number of nitrogens with zero attached hydrogens (tertiary/aromatic N) is 7. The van der Waals surface area contributed by atoms with Crippen LogP contribution in [-0.4, -0.2) is 49.1 Å². The molecule has 3 aromatic heterocycles. The van der Waals surface area contributed by atoms with Gasteiger partial charge in [0.2, 0.25) is 5.91 Å². The first-order valence-electron chi connectivity index (χ1n) is 22.5. The van der Waals surface area contributed by atoms with Gasteiger partial charge in [-0.05, 0) is 93.6 Å². The normalized spacial score (nSPS) is 13.6. The minimum atomic E-state index is -0.595. The number of hydrogen-bond donors (Lipinski definition) is 1. The van der Waals surface area contributed by atoms with E-state index in [0.29, 0.717) is 32.1 Å². The molecule has 344 valence electrons. The summed E-state index contributed by atoms with van der Waals surface area (Å²) in [4.78, 5) is 27.1. The largest absolute Gasteiger partial charge is 0.381 e. The van der Waals surface area contributed by atoms with Crippen molar-refractivity contribution in [3.63, 3.8) is 0 Å². The molecular weight excluding hydrogens is 813 g/mol. The van der Waals surface area contributed by atoms with E-state index in [1.807, 2.05) is 165 Å². The number of ether oxygens (including phenoxy) is 1. The van der Waals surface area contributed by atoms with E-state index < -0.39 is 5.41 Å². The molecule has 9 rings (SSSR count). The standard InChI is InChI=1S/C19H21NO2S.C9H10N2.C9H9N.C5H9N2.C5H8N2.3C2H6/c1-14-5-7-16(8-6-14)23-17-4-2-3-15(13-17)19(18(20)21)9-11-22-12-10-19;1-7-10-8-5-3-4-6-9(8)11(7)2;1-7-9-5-3-2-4-8(9)6-10-7;1-6-4-3-5-7(6)2;1-5-6-3-4-7(5)2;3*1-2/h2-8,13H,9-12H2,1H3,(H2,20,21);3-6H,1-2H3;2-7H,1H3;3-5H,1-2H3;3-4H,1-2H3;3*1-2H3/q;;;+1;;;;. The average Bonchev–Trinajstić information content (AvgIpc) is 4.10. The van der Waals surface area contributed by atoms with Crippen molar-refractivity contribution >= 4 is 34.9 Å². The number of carbonyl (C=O) groups excluding carboxylic acids is 1. The molecule has 1 unspecified atom stereocenters. The van der Waals surface area contributed by atoms with Crippen molar-refractivity contribution in [1.82, 2.24) is 23.8 Å². The van der Waals surface area contributed by atoms with Gasteiger partial charge in [0.25, 0.3) is 0 Å². The zero-order chi connectivity index (χ0) is 47.7. The number of para-hydroxylation sites is 2. The van der Waals surface area contributed by atoms with E-state index in [0.717, 1.165) is 27.6 Å². The molecule has 0 spiro atoms. The zero-order valence-electron chi connectivity index (χ0n) is 41.0. The summed E-state index contributed by atoms with van der Waals surface area (Å²) in [6, 6.07) is 35.5. The molecular formula is C53H75N8O2S+. The van der Waals surface area contributed by atoms with Crippen LogP contribution in [0.15, 0.2) is 143 Å². The monoisotopic (exact) mass is 888 g/mol. The summed E-state index contributed by atoms with van der Waals surface area (Å²) in [5, 5.41) is 0. The van der Waals surface area contributed by atoms with Gasteiger partial charge in [0.05, 0.1) is 35.7 Å². The molecule has 7 aromatic rings. The molecule has 2 N–H and O–H groups in total. The van der Waals surface area contributed by atoms with E-state index in [4.69, 9.17) is 10.5 Å². The number of hydrogen-bond acceptors (Lipinski definition) is 6. The highest BCUT2D eigenvalue weighted by Gasteiger charge is 2.40. The van der Waals surface area contributed by atoms with Crippen LogP contribution in [0.5, 0.6) is 0 Å². The van der Waals surface area contributed by atoms with E-state index in [-0.39, 0.29) is 5.91 Å². The summed E-state index contributed by atoms with van der Waals surface area (Å²) in [6.07, 6.45) is 11.0. The van der Waals surface area contributed by atoms with Gasteiger partial charge in [-0.3, -0.25) is 9.79 Å². The van der Waals surface area contributed by atoms with Gasteiger partial charge < -0.3 is 19.6 Å². The maximum Gasteiger partial charge on any atom is 0.228 e. The number of aryl methyl sites for hydroxylation is 7. The van der Waals surface area contributed by atoms with Crippen molar-refractivity contribution < 1.29 is 14.2 Å². The summed E-state index contributed by atoms with van der Waals surface area (Å²) >= 11 is 1.70. The summed E-state index contributed by atoms with van der Waals surface area (Å²) in [7, 11) is 8.01. The number of imidazole rings is 2. The molecule has 64 heavy (non-hydrogen) atoms. The van der Waals surface area contributed by atoms with Gasteiger partial charge in [0.1, 0.15) is 11.6 Å². The van der Waals surface area contributed by atoms with E-state index in [2.05, 4.69) is 94.0 Å². The fourth-order valence-corrected chi connectivity index (χ4v) is 7.36. The van der Waals surface area contributed by atoms with Gasteiger partial charge in [0.15, 0.2) is 13.2 Å². The Morgan fingerprint density at radius 1 is 0.781 bits per heavy atom. The third-order valence-electron chi connectivity index (χ3n) is 10.5. The van der Waals surface area contributed by atoms with Crippen molar-refractivity contribution in [1.29, 1.82) is 0 Å². The second-order valence-corrected chi connectivity index (χ2v) is 15.7. The topological polar surface area (TPSA) is 109 Å². The molecule has 0 saturated carbocycles. The minimum absolute atomic E-state index is 0.252. The fourth-order valence-electron chi connectivity index (χ4n) is 6.48. The third kappa shape index (κ3) is 16.1. The summed E-state index contributed by atoms with van der Waals surface area (Å²) in [6.45, 7) is 21.3. The number of primary amides is 1. The third-order valence-corrected chi connectivity index (χ3v) is 11.5. The van der Waals surface area contributed by atoms with E-state index in [1.165, 1.54) is 27.1 Å². The molecule has 5 heterocycles. The number of fused-ring (bicyclic) bond motifs is 2. The van der Waals surface area contributed by atoms with Gasteiger partial charge in [-0.2, -0.15) is 4.68 Å². The Kier molecular flexibility index (Phi) is 24.5. The first kappa shape index (κ1) is 54.4. The van der Waals surface area contributed by atoms with Crippen LogP contribution in [0.25, 0.3) is 11.0 Å². The smallest absolute Gasteiger partial charge is 0.228 e. The summed E-state index contributed by atoms with van der Waals surface area (Å²) in [5.41, 5.74) is 12.3. The highest BCUT2D eigenvalue weighted by molar-refractivity contribution is 7.99. The lowest BCUT2D eigenvalue weighted by molar-refractivity contribution is -0.751. The molecule has 0 radical (unpaired) electrons. The van der Waals surface area contributed by atoms with Gasteiger partial charge in [-0.25, -0.2) is 9.97 Å². The highest BCUT2D eigenvalue weighted by atomic mass is 32.2. The Morgan fingerprint density at radius 3 is 1.94 bits per heavy atom. The fraction of sp³-hybridized carbons (Fsp3) is 0.377. The van der Waals surface area contributed by atoms with E-state index >= 15 is 0 Å². The second kappa shape index (κ2) is 28.8. The molecule has 2 aliphatic heterocycles. The molecule has 2 aliphatic rings. The van der Waals surface area contributed by atoms with Crippen LogP contribution in [0.2, 0.25) is 0 Å². The lowest BCUT2D eigenvalue weighted by Crippen LogP contribution is -2.45. The van der Waals surface area contributed by atoms with E-state index in [9.17, 15) is 4.79 Å². The quantitative estimate of drug-likeness (QED) is 0.177. The van der Waals surface area contributed by atoms with Crippen LogP contribution in [0.4, 0.5) is 0 Å². The average molecular weight is 888 g/mol. The highest BCUT2D eigenvalue weighted by Crippen LogP contribution is 2.37. The van der Waals surface area contributed by atoms with Crippen LogP contribution in [0, 0.1) is 20.8 Å². The number of benzene rings is 4. The molecule has 0 bridgehead atoms. The molecule has 1 saturated heterocycles. The van der Waals surface area contributed by atoms with Gasteiger partial charge in [0, 0.05) is 61.8 Å². The number of aliphatic imine (C=N–C) groups is 1. The molecule has 1 amide bonds. The van der Waals surface area contributed by atoms with E-state index in [1.54, 1.807) is 18.0 Å². The molecule has 0 aliphatic carbocycles. The van der Waals surface area contributed by atoms with Crippen molar-refractivity contribution in [3.05, 3.63) is 162 Å². The van der Waals surface area contributed by atoms with Crippen LogP contribution in [0.3, 0.4) is 0 Å². The predicted octanol–water partition coefficient (Wildman–Crippen LogP) is 11.4. The lowest BCUT2D eigenvalue weighted by Gasteiger charge is -2.34. The number of nitrogens with two attached hydrogens (primary N) is 1. The van der Waals surface area contributed by atoms with Crippen LogP contribution >= 0.6 is 11.8 Å². The van der Waals surface area contributed by atoms with Gasteiger partial charge in [-0.1, -0.05) is 120 Å². The molecule has 10 nitrogen and oxygen atoms in total. The van der Waals surface area contributed by atoms with Crippen LogP contribution < -0.4 is 10.4 Å². The number of amides is 1. The minimum Gasteiger partial charge on any atom is -0.381 e. The first-order valence-corrected chi connectivity index (χ1v) is 23.3. The Bertz CT molecular complexity index is 2330. The summed E-state index contributed by atoms with van der Waals surface area (Å²) < 4.78 is 13.5. The summed E-state index contributed by atoms with van der Waals surface area (Å²) in [5.74, 6) is 1.87. The zero-order valence-corrected chi connectivity index (χ0v) is 41.9. The predicted molar refractivity (Wildman–Crippen MR) is 269 cm³/mol. The first-order chi connectivity index (χ1) is 30.9. The molecule has 11 heteroatoms. The van der Waals surface area contributed by atoms with Gasteiger partial charge in [-0.15, -0.1) is 4.68 Å². The van der Waals surface area contributed by atoms with Crippen molar-refractivity contribution in [3.8, 4) is 0 Å². The van der Waals surface area contributed by atoms with Crippen LogP contribution in [-0.2, 0) is 43.1 Å². The number of rotatable bonds is 4. The molecule has 4 aromatic carbocycles. The van der Waals surface area contributed by atoms with Crippen molar-refractivity contribution in [2.24, 2.45) is 38.9 Å². The van der Waals surface area contributed by atoms with Crippen molar-refractivity contribution in [2.45, 2.75) is 103 Å². The van der Waals surface area contributed by atoms with Gasteiger partial charge >= 0.3 is 0 Å².